The maximum atomic E-state index is 10.5. The molecule has 70 valence electrons. The molecular formula is C11H14O2. The summed E-state index contributed by atoms with van der Waals surface area (Å²) < 4.78 is 5.41. The smallest absolute Gasteiger partial charge is 0.150 e. The van der Waals surface area contributed by atoms with Crippen LogP contribution in [0.15, 0.2) is 24.3 Å². The molecule has 0 aromatic heterocycles. The van der Waals surface area contributed by atoms with E-state index in [9.17, 15) is 4.79 Å². The fourth-order valence-corrected chi connectivity index (χ4v) is 1.23. The van der Waals surface area contributed by atoms with E-state index in [1.807, 2.05) is 32.0 Å². The predicted molar refractivity (Wildman–Crippen MR) is 51.9 cm³/mol. The van der Waals surface area contributed by atoms with Gasteiger partial charge in [0.05, 0.1) is 6.10 Å². The van der Waals surface area contributed by atoms with Gasteiger partial charge in [-0.3, -0.25) is 4.79 Å². The molecule has 1 atom stereocenters. The third-order valence-corrected chi connectivity index (χ3v) is 1.93. The van der Waals surface area contributed by atoms with Crippen LogP contribution < -0.4 is 0 Å². The molecule has 0 saturated carbocycles. The lowest BCUT2D eigenvalue weighted by atomic mass is 10.1. The Morgan fingerprint density at radius 2 is 2.31 bits per heavy atom. The maximum absolute atomic E-state index is 10.5. The number of ether oxygens (including phenoxy) is 1. The van der Waals surface area contributed by atoms with Gasteiger partial charge in [-0.05, 0) is 25.5 Å². The molecule has 0 saturated heterocycles. The molecule has 1 unspecified atom stereocenters. The van der Waals surface area contributed by atoms with Crippen molar-refractivity contribution in [2.75, 3.05) is 6.61 Å². The molecule has 0 N–H and O–H groups in total. The molecule has 1 rings (SSSR count). The first-order valence-electron chi connectivity index (χ1n) is 4.44. The van der Waals surface area contributed by atoms with Crippen LogP contribution in [0.25, 0.3) is 0 Å². The molecule has 0 amide bonds. The van der Waals surface area contributed by atoms with Gasteiger partial charge in [0.2, 0.25) is 0 Å². The van der Waals surface area contributed by atoms with Crippen LogP contribution >= 0.6 is 0 Å². The highest BCUT2D eigenvalue weighted by Crippen LogP contribution is 2.16. The van der Waals surface area contributed by atoms with Gasteiger partial charge in [0.15, 0.2) is 0 Å². The summed E-state index contributed by atoms with van der Waals surface area (Å²) in [5, 5.41) is 0. The average molecular weight is 178 g/mol. The number of carbonyl (C=O) groups is 1. The van der Waals surface area contributed by atoms with Crippen LogP contribution in [0.5, 0.6) is 0 Å². The Morgan fingerprint density at radius 1 is 1.54 bits per heavy atom. The summed E-state index contributed by atoms with van der Waals surface area (Å²) in [6.45, 7) is 4.62. The quantitative estimate of drug-likeness (QED) is 0.662. The monoisotopic (exact) mass is 178 g/mol. The number of carbonyl (C=O) groups excluding carboxylic acids is 1. The van der Waals surface area contributed by atoms with E-state index < -0.39 is 0 Å². The van der Waals surface area contributed by atoms with Crippen molar-refractivity contribution in [1.82, 2.24) is 0 Å². The lowest BCUT2D eigenvalue weighted by molar-refractivity contribution is 0.0763. The first-order chi connectivity index (χ1) is 6.27. The molecule has 0 aliphatic carbocycles. The minimum atomic E-state index is 0.0601. The van der Waals surface area contributed by atoms with E-state index in [0.717, 1.165) is 11.8 Å². The van der Waals surface area contributed by atoms with Gasteiger partial charge in [0.1, 0.15) is 6.29 Å². The van der Waals surface area contributed by atoms with Gasteiger partial charge in [-0.25, -0.2) is 0 Å². The maximum Gasteiger partial charge on any atom is 0.150 e. The minimum Gasteiger partial charge on any atom is -0.374 e. The average Bonchev–Trinajstić information content (AvgIpc) is 2.18. The molecule has 0 bridgehead atoms. The van der Waals surface area contributed by atoms with Crippen LogP contribution in [0.1, 0.15) is 35.9 Å². The zero-order chi connectivity index (χ0) is 9.68. The standard InChI is InChI=1S/C11H14O2/c1-3-13-9(2)11-6-4-5-10(7-11)8-12/h4-9H,3H2,1-2H3. The van der Waals surface area contributed by atoms with Gasteiger partial charge < -0.3 is 4.74 Å². The lowest BCUT2D eigenvalue weighted by Crippen LogP contribution is -1.99. The lowest BCUT2D eigenvalue weighted by Gasteiger charge is -2.11. The Hall–Kier alpha value is -1.15. The van der Waals surface area contributed by atoms with Crippen LogP contribution in [0.4, 0.5) is 0 Å². The molecule has 0 aliphatic heterocycles. The fourth-order valence-electron chi connectivity index (χ4n) is 1.23. The first kappa shape index (κ1) is 9.93. The van der Waals surface area contributed by atoms with Crippen molar-refractivity contribution in [3.8, 4) is 0 Å². The zero-order valence-corrected chi connectivity index (χ0v) is 7.99. The largest absolute Gasteiger partial charge is 0.374 e. The molecule has 1 aromatic carbocycles. The van der Waals surface area contributed by atoms with E-state index in [4.69, 9.17) is 4.74 Å². The molecule has 0 spiro atoms. The topological polar surface area (TPSA) is 26.3 Å². The molecule has 0 fully saturated rings. The molecule has 0 aliphatic rings. The van der Waals surface area contributed by atoms with Crippen LogP contribution in [0, 0.1) is 0 Å². The molecular weight excluding hydrogens is 164 g/mol. The van der Waals surface area contributed by atoms with Gasteiger partial charge >= 0.3 is 0 Å². The summed E-state index contributed by atoms with van der Waals surface area (Å²) in [6.07, 6.45) is 0.909. The highest BCUT2D eigenvalue weighted by Gasteiger charge is 2.04. The normalized spacial score (nSPS) is 12.5. The summed E-state index contributed by atoms with van der Waals surface area (Å²) in [5.41, 5.74) is 1.75. The number of aldehydes is 1. The molecule has 0 radical (unpaired) electrons. The molecule has 13 heavy (non-hydrogen) atoms. The van der Waals surface area contributed by atoms with Crippen LogP contribution in [0.3, 0.4) is 0 Å². The fraction of sp³-hybridized carbons (Fsp3) is 0.364. The Labute approximate surface area is 78.5 Å². The van der Waals surface area contributed by atoms with Crippen LogP contribution in [-0.2, 0) is 4.74 Å². The number of rotatable bonds is 4. The van der Waals surface area contributed by atoms with E-state index in [1.54, 1.807) is 6.07 Å². The van der Waals surface area contributed by atoms with Crippen molar-refractivity contribution >= 4 is 6.29 Å². The van der Waals surface area contributed by atoms with Crippen molar-refractivity contribution in [3.05, 3.63) is 35.4 Å². The van der Waals surface area contributed by atoms with Gasteiger partial charge in [-0.1, -0.05) is 18.2 Å². The van der Waals surface area contributed by atoms with Crippen molar-refractivity contribution in [2.24, 2.45) is 0 Å². The Kier molecular flexibility index (Phi) is 3.65. The van der Waals surface area contributed by atoms with E-state index in [-0.39, 0.29) is 6.10 Å². The number of hydrogen-bond acceptors (Lipinski definition) is 2. The third kappa shape index (κ3) is 2.67. The number of benzene rings is 1. The van der Waals surface area contributed by atoms with Crippen molar-refractivity contribution in [1.29, 1.82) is 0 Å². The number of hydrogen-bond donors (Lipinski definition) is 0. The van der Waals surface area contributed by atoms with Crippen molar-refractivity contribution in [3.63, 3.8) is 0 Å². The van der Waals surface area contributed by atoms with E-state index in [1.165, 1.54) is 0 Å². The molecule has 2 heteroatoms. The Balaban J connectivity index is 2.81. The summed E-state index contributed by atoms with van der Waals surface area (Å²) >= 11 is 0. The predicted octanol–water partition coefficient (Wildman–Crippen LogP) is 2.60. The van der Waals surface area contributed by atoms with Gasteiger partial charge in [0, 0.05) is 12.2 Å². The van der Waals surface area contributed by atoms with E-state index >= 15 is 0 Å². The zero-order valence-electron chi connectivity index (χ0n) is 7.99. The van der Waals surface area contributed by atoms with Crippen molar-refractivity contribution < 1.29 is 9.53 Å². The first-order valence-corrected chi connectivity index (χ1v) is 4.44. The van der Waals surface area contributed by atoms with E-state index in [2.05, 4.69) is 0 Å². The highest BCUT2D eigenvalue weighted by molar-refractivity contribution is 5.74. The third-order valence-electron chi connectivity index (χ3n) is 1.93. The molecule has 2 nitrogen and oxygen atoms in total. The Morgan fingerprint density at radius 3 is 2.92 bits per heavy atom. The second-order valence-electron chi connectivity index (χ2n) is 2.89. The van der Waals surface area contributed by atoms with Gasteiger partial charge in [-0.2, -0.15) is 0 Å². The van der Waals surface area contributed by atoms with Crippen molar-refractivity contribution in [2.45, 2.75) is 20.0 Å². The van der Waals surface area contributed by atoms with E-state index in [0.29, 0.717) is 12.2 Å². The summed E-state index contributed by atoms with van der Waals surface area (Å²) in [5.74, 6) is 0. The molecule has 1 aromatic rings. The van der Waals surface area contributed by atoms with Crippen LogP contribution in [0.2, 0.25) is 0 Å². The second kappa shape index (κ2) is 4.77. The van der Waals surface area contributed by atoms with Gasteiger partial charge in [-0.15, -0.1) is 0 Å². The summed E-state index contributed by atoms with van der Waals surface area (Å²) in [6, 6.07) is 7.48. The minimum absolute atomic E-state index is 0.0601. The molecule has 0 heterocycles. The Bertz CT molecular complexity index is 281. The summed E-state index contributed by atoms with van der Waals surface area (Å²) in [7, 11) is 0. The summed E-state index contributed by atoms with van der Waals surface area (Å²) in [4.78, 5) is 10.5. The second-order valence-corrected chi connectivity index (χ2v) is 2.89. The highest BCUT2D eigenvalue weighted by atomic mass is 16.5. The van der Waals surface area contributed by atoms with Crippen LogP contribution in [-0.4, -0.2) is 12.9 Å². The SMILES string of the molecule is CCOC(C)c1cccc(C=O)c1. The van der Waals surface area contributed by atoms with Gasteiger partial charge in [0.25, 0.3) is 0 Å².